The molecule has 1 aliphatic rings. The summed E-state index contributed by atoms with van der Waals surface area (Å²) in [6.45, 7) is 4.84. The van der Waals surface area contributed by atoms with Gasteiger partial charge in [0.1, 0.15) is 0 Å². The number of carbonyl (C=O) groups is 2. The molecule has 1 rings (SSSR count). The maximum Gasteiger partial charge on any atom is 0.239 e. The summed E-state index contributed by atoms with van der Waals surface area (Å²) in [5.41, 5.74) is 0. The molecule has 1 aliphatic heterocycles. The summed E-state index contributed by atoms with van der Waals surface area (Å²) in [5.74, 6) is -0.0877. The van der Waals surface area contributed by atoms with Crippen LogP contribution in [0.5, 0.6) is 0 Å². The van der Waals surface area contributed by atoms with Gasteiger partial charge in [-0.3, -0.25) is 9.59 Å². The van der Waals surface area contributed by atoms with E-state index in [1.165, 1.54) is 4.90 Å². The van der Waals surface area contributed by atoms with Crippen LogP contribution in [0.3, 0.4) is 0 Å². The molecule has 18 heavy (non-hydrogen) atoms. The summed E-state index contributed by atoms with van der Waals surface area (Å²) in [5, 5.41) is 5.97. The van der Waals surface area contributed by atoms with Gasteiger partial charge in [0.05, 0.1) is 12.6 Å². The van der Waals surface area contributed by atoms with Crippen LogP contribution in [0.15, 0.2) is 0 Å². The molecule has 0 aromatic rings. The largest absolute Gasteiger partial charge is 0.352 e. The summed E-state index contributed by atoms with van der Waals surface area (Å²) >= 11 is 0. The van der Waals surface area contributed by atoms with Crippen molar-refractivity contribution in [2.24, 2.45) is 0 Å². The Hall–Kier alpha value is -0.810. The maximum atomic E-state index is 12.0. The van der Waals surface area contributed by atoms with Gasteiger partial charge in [0.15, 0.2) is 0 Å². The van der Waals surface area contributed by atoms with E-state index in [9.17, 15) is 9.59 Å². The highest BCUT2D eigenvalue weighted by molar-refractivity contribution is 5.87. The summed E-state index contributed by atoms with van der Waals surface area (Å²) in [4.78, 5) is 25.0. The normalized spacial score (nSPS) is 19.0. The average molecular weight is 278 g/mol. The Morgan fingerprint density at radius 2 is 2.06 bits per heavy atom. The average Bonchev–Trinajstić information content (AvgIpc) is 2.28. The Bertz CT molecular complexity index is 278. The van der Waals surface area contributed by atoms with Gasteiger partial charge in [-0.25, -0.2) is 0 Å². The molecule has 5 nitrogen and oxygen atoms in total. The quantitative estimate of drug-likeness (QED) is 0.788. The van der Waals surface area contributed by atoms with E-state index in [4.69, 9.17) is 0 Å². The van der Waals surface area contributed by atoms with Gasteiger partial charge < -0.3 is 15.5 Å². The monoisotopic (exact) mass is 277 g/mol. The van der Waals surface area contributed by atoms with Gasteiger partial charge in [0.25, 0.3) is 0 Å². The third-order valence-electron chi connectivity index (χ3n) is 2.82. The lowest BCUT2D eigenvalue weighted by molar-refractivity contribution is -0.137. The molecule has 106 valence electrons. The zero-order valence-corrected chi connectivity index (χ0v) is 12.2. The van der Waals surface area contributed by atoms with Crippen LogP contribution in [-0.4, -0.2) is 48.9 Å². The highest BCUT2D eigenvalue weighted by Gasteiger charge is 2.24. The Morgan fingerprint density at radius 1 is 1.39 bits per heavy atom. The van der Waals surface area contributed by atoms with E-state index in [0.717, 1.165) is 25.8 Å². The first-order valence-corrected chi connectivity index (χ1v) is 6.28. The number of amides is 2. The topological polar surface area (TPSA) is 61.4 Å². The van der Waals surface area contributed by atoms with Crippen LogP contribution in [0, 0.1) is 0 Å². The lowest BCUT2D eigenvalue weighted by atomic mass is 10.0. The molecule has 6 heteroatoms. The third-order valence-corrected chi connectivity index (χ3v) is 2.82. The SMILES string of the molecule is CC(C)NC(=O)CN(C)C(=O)[C@@H]1CCCCN1.Cl. The molecule has 0 spiro atoms. The molecule has 0 aromatic carbocycles. The van der Waals surface area contributed by atoms with Crippen LogP contribution in [0.4, 0.5) is 0 Å². The number of nitrogens with one attached hydrogen (secondary N) is 2. The lowest BCUT2D eigenvalue weighted by Crippen LogP contribution is -2.50. The van der Waals surface area contributed by atoms with E-state index >= 15 is 0 Å². The van der Waals surface area contributed by atoms with Crippen LogP contribution < -0.4 is 10.6 Å². The number of hydrogen-bond acceptors (Lipinski definition) is 3. The molecule has 2 amide bonds. The summed E-state index contributed by atoms with van der Waals surface area (Å²) in [6, 6.07) is -0.000549. The van der Waals surface area contributed by atoms with Crippen molar-refractivity contribution in [3.05, 3.63) is 0 Å². The molecular weight excluding hydrogens is 254 g/mol. The summed E-state index contributed by atoms with van der Waals surface area (Å²) < 4.78 is 0. The summed E-state index contributed by atoms with van der Waals surface area (Å²) in [7, 11) is 1.68. The van der Waals surface area contributed by atoms with Crippen LogP contribution in [0.2, 0.25) is 0 Å². The van der Waals surface area contributed by atoms with Crippen molar-refractivity contribution in [3.8, 4) is 0 Å². The minimum atomic E-state index is -0.111. The first kappa shape index (κ1) is 17.2. The second-order valence-corrected chi connectivity index (χ2v) is 4.92. The molecule has 0 unspecified atom stereocenters. The Morgan fingerprint density at radius 3 is 2.56 bits per heavy atom. The minimum Gasteiger partial charge on any atom is -0.352 e. The van der Waals surface area contributed by atoms with E-state index in [0.29, 0.717) is 0 Å². The first-order valence-electron chi connectivity index (χ1n) is 6.28. The molecule has 1 fully saturated rings. The summed E-state index contributed by atoms with van der Waals surface area (Å²) in [6.07, 6.45) is 3.08. The molecule has 0 radical (unpaired) electrons. The third kappa shape index (κ3) is 5.69. The van der Waals surface area contributed by atoms with Crippen molar-refractivity contribution >= 4 is 24.2 Å². The number of halogens is 1. The highest BCUT2D eigenvalue weighted by atomic mass is 35.5. The molecular formula is C12H24ClN3O2. The van der Waals surface area contributed by atoms with Gasteiger partial charge in [0, 0.05) is 13.1 Å². The smallest absolute Gasteiger partial charge is 0.239 e. The van der Waals surface area contributed by atoms with Gasteiger partial charge in [-0.1, -0.05) is 6.42 Å². The van der Waals surface area contributed by atoms with Crippen molar-refractivity contribution in [2.75, 3.05) is 20.1 Å². The lowest BCUT2D eigenvalue weighted by Gasteiger charge is -2.27. The van der Waals surface area contributed by atoms with Crippen LogP contribution >= 0.6 is 12.4 Å². The van der Waals surface area contributed by atoms with Crippen LogP contribution in [0.25, 0.3) is 0 Å². The van der Waals surface area contributed by atoms with E-state index in [1.807, 2.05) is 13.8 Å². The van der Waals surface area contributed by atoms with Gasteiger partial charge >= 0.3 is 0 Å². The molecule has 1 atom stereocenters. The van der Waals surface area contributed by atoms with Crippen molar-refractivity contribution in [2.45, 2.75) is 45.2 Å². The van der Waals surface area contributed by atoms with Gasteiger partial charge in [0.2, 0.25) is 11.8 Å². The Labute approximate surface area is 115 Å². The predicted molar refractivity (Wildman–Crippen MR) is 73.8 cm³/mol. The second kappa shape index (κ2) is 8.32. The highest BCUT2D eigenvalue weighted by Crippen LogP contribution is 2.08. The zero-order valence-electron chi connectivity index (χ0n) is 11.4. The van der Waals surface area contributed by atoms with Crippen LogP contribution in [-0.2, 0) is 9.59 Å². The molecule has 0 aromatic heterocycles. The van der Waals surface area contributed by atoms with E-state index < -0.39 is 0 Å². The van der Waals surface area contributed by atoms with Gasteiger partial charge in [-0.05, 0) is 33.2 Å². The van der Waals surface area contributed by atoms with Crippen molar-refractivity contribution in [1.29, 1.82) is 0 Å². The maximum absolute atomic E-state index is 12.0. The molecule has 0 saturated carbocycles. The van der Waals surface area contributed by atoms with Crippen molar-refractivity contribution in [1.82, 2.24) is 15.5 Å². The fourth-order valence-corrected chi connectivity index (χ4v) is 1.99. The number of nitrogens with zero attached hydrogens (tertiary/aromatic N) is 1. The van der Waals surface area contributed by atoms with Crippen LogP contribution in [0.1, 0.15) is 33.1 Å². The number of piperidine rings is 1. The van der Waals surface area contributed by atoms with Gasteiger partial charge in [-0.2, -0.15) is 0 Å². The minimum absolute atomic E-state index is 0. The second-order valence-electron chi connectivity index (χ2n) is 4.92. The number of carbonyl (C=O) groups excluding carboxylic acids is 2. The number of likely N-dealkylation sites (N-methyl/N-ethyl adjacent to an activating group) is 1. The first-order chi connectivity index (χ1) is 8.00. The fraction of sp³-hybridized carbons (Fsp3) is 0.833. The van der Waals surface area contributed by atoms with E-state index in [1.54, 1.807) is 7.05 Å². The fourth-order valence-electron chi connectivity index (χ4n) is 1.99. The van der Waals surface area contributed by atoms with Crippen molar-refractivity contribution < 1.29 is 9.59 Å². The standard InChI is InChI=1S/C12H23N3O2.ClH/c1-9(2)14-11(16)8-15(3)12(17)10-6-4-5-7-13-10;/h9-10,13H,4-8H2,1-3H3,(H,14,16);1H/t10-;/m0./s1. The molecule has 1 saturated heterocycles. The molecule has 2 N–H and O–H groups in total. The van der Waals surface area contributed by atoms with E-state index in [-0.39, 0.29) is 42.8 Å². The molecule has 0 bridgehead atoms. The Balaban J connectivity index is 0.00000289. The number of rotatable bonds is 4. The zero-order chi connectivity index (χ0) is 12.8. The van der Waals surface area contributed by atoms with E-state index in [2.05, 4.69) is 10.6 Å². The van der Waals surface area contributed by atoms with Gasteiger partial charge in [-0.15, -0.1) is 12.4 Å². The Kier molecular flexibility index (Phi) is 7.95. The predicted octanol–water partition coefficient (Wildman–Crippen LogP) is 0.533. The molecule has 0 aliphatic carbocycles. The van der Waals surface area contributed by atoms with Crippen molar-refractivity contribution in [3.63, 3.8) is 0 Å². The molecule has 1 heterocycles. The number of hydrogen-bond donors (Lipinski definition) is 2.